The lowest BCUT2D eigenvalue weighted by molar-refractivity contribution is 0.0352. The third-order valence-electron chi connectivity index (χ3n) is 2.60. The number of aliphatic hydroxyl groups is 1. The second kappa shape index (κ2) is 5.02. The lowest BCUT2D eigenvalue weighted by Gasteiger charge is -2.27. The van der Waals surface area contributed by atoms with Gasteiger partial charge in [0.05, 0.1) is 5.60 Å². The number of hydrogen-bond acceptors (Lipinski definition) is 3. The Morgan fingerprint density at radius 2 is 2.00 bits per heavy atom. The van der Waals surface area contributed by atoms with E-state index in [4.69, 9.17) is 4.42 Å². The van der Waals surface area contributed by atoms with Gasteiger partial charge in [-0.25, -0.2) is 0 Å². The summed E-state index contributed by atoms with van der Waals surface area (Å²) < 4.78 is 5.50. The van der Waals surface area contributed by atoms with E-state index >= 15 is 0 Å². The summed E-state index contributed by atoms with van der Waals surface area (Å²) in [5.41, 5.74) is 0.562. The number of furan rings is 1. The summed E-state index contributed by atoms with van der Waals surface area (Å²) in [7, 11) is 0. The maximum Gasteiger partial charge on any atom is 0.105 e. The van der Waals surface area contributed by atoms with Crippen LogP contribution in [-0.4, -0.2) is 28.7 Å². The molecule has 0 aromatic carbocycles. The Morgan fingerprint density at radius 3 is 2.38 bits per heavy atom. The first-order valence-electron chi connectivity index (χ1n) is 5.82. The summed E-state index contributed by atoms with van der Waals surface area (Å²) in [6.45, 7) is 12.2. The quantitative estimate of drug-likeness (QED) is 0.836. The lowest BCUT2D eigenvalue weighted by atomic mass is 10.1. The Labute approximate surface area is 98.1 Å². The average Bonchev–Trinajstić information content (AvgIpc) is 2.41. The highest BCUT2D eigenvalue weighted by Crippen LogP contribution is 2.17. The van der Waals surface area contributed by atoms with E-state index < -0.39 is 5.60 Å². The number of likely N-dealkylation sites (N-methyl/N-ethyl adjacent to an activating group) is 1. The topological polar surface area (TPSA) is 36.6 Å². The number of rotatable bonds is 5. The maximum atomic E-state index is 9.81. The van der Waals surface area contributed by atoms with Gasteiger partial charge in [-0.1, -0.05) is 6.92 Å². The smallest absolute Gasteiger partial charge is 0.105 e. The van der Waals surface area contributed by atoms with Gasteiger partial charge in [0.2, 0.25) is 0 Å². The fraction of sp³-hybridized carbons (Fsp3) is 0.692. The molecule has 0 radical (unpaired) electrons. The highest BCUT2D eigenvalue weighted by Gasteiger charge is 2.18. The van der Waals surface area contributed by atoms with Crippen LogP contribution in [0.3, 0.4) is 0 Å². The van der Waals surface area contributed by atoms with E-state index in [1.54, 1.807) is 0 Å². The molecule has 0 unspecified atom stereocenters. The standard InChI is InChI=1S/C13H23NO2/c1-6-14(9-13(4,5)15)8-12-7-10(2)16-11(12)3/h7,15H,6,8-9H2,1-5H3. The van der Waals surface area contributed by atoms with Gasteiger partial charge < -0.3 is 9.52 Å². The Morgan fingerprint density at radius 1 is 1.38 bits per heavy atom. The summed E-state index contributed by atoms with van der Waals surface area (Å²) >= 11 is 0. The van der Waals surface area contributed by atoms with Gasteiger partial charge in [0, 0.05) is 18.7 Å². The predicted molar refractivity (Wildman–Crippen MR) is 65.4 cm³/mol. The zero-order valence-electron chi connectivity index (χ0n) is 11.0. The molecule has 0 fully saturated rings. The van der Waals surface area contributed by atoms with Crippen LogP contribution in [0.25, 0.3) is 0 Å². The minimum atomic E-state index is -0.650. The van der Waals surface area contributed by atoms with Crippen LogP contribution in [0.5, 0.6) is 0 Å². The Balaban J connectivity index is 2.67. The van der Waals surface area contributed by atoms with E-state index in [1.165, 1.54) is 5.56 Å². The van der Waals surface area contributed by atoms with Crippen LogP contribution >= 0.6 is 0 Å². The van der Waals surface area contributed by atoms with E-state index in [1.807, 2.05) is 27.7 Å². The highest BCUT2D eigenvalue weighted by molar-refractivity contribution is 5.19. The molecule has 3 nitrogen and oxygen atoms in total. The van der Waals surface area contributed by atoms with Crippen LogP contribution in [0, 0.1) is 13.8 Å². The molecular formula is C13H23NO2. The van der Waals surface area contributed by atoms with Crippen LogP contribution in [0.15, 0.2) is 10.5 Å². The Hall–Kier alpha value is -0.800. The van der Waals surface area contributed by atoms with Crippen LogP contribution in [0.4, 0.5) is 0 Å². The van der Waals surface area contributed by atoms with Crippen molar-refractivity contribution in [3.05, 3.63) is 23.2 Å². The van der Waals surface area contributed by atoms with Crippen LogP contribution in [0.2, 0.25) is 0 Å². The van der Waals surface area contributed by atoms with Gasteiger partial charge in [-0.2, -0.15) is 0 Å². The summed E-state index contributed by atoms with van der Waals surface area (Å²) in [6, 6.07) is 2.07. The van der Waals surface area contributed by atoms with Gasteiger partial charge in [0.15, 0.2) is 0 Å². The molecule has 0 aliphatic heterocycles. The fourth-order valence-electron chi connectivity index (χ4n) is 1.91. The van der Waals surface area contributed by atoms with Gasteiger partial charge in [0.25, 0.3) is 0 Å². The van der Waals surface area contributed by atoms with E-state index in [9.17, 15) is 5.11 Å². The molecule has 0 atom stereocenters. The van der Waals surface area contributed by atoms with Crippen molar-refractivity contribution in [3.63, 3.8) is 0 Å². The molecule has 92 valence electrons. The molecular weight excluding hydrogens is 202 g/mol. The minimum Gasteiger partial charge on any atom is -0.466 e. The molecule has 3 heteroatoms. The normalized spacial score (nSPS) is 12.4. The van der Waals surface area contributed by atoms with Crippen molar-refractivity contribution >= 4 is 0 Å². The Bertz CT molecular complexity index is 336. The second-order valence-electron chi connectivity index (χ2n) is 5.05. The van der Waals surface area contributed by atoms with Crippen molar-refractivity contribution in [3.8, 4) is 0 Å². The molecule has 1 heterocycles. The number of aryl methyl sites for hydroxylation is 2. The van der Waals surface area contributed by atoms with Crippen molar-refractivity contribution < 1.29 is 9.52 Å². The highest BCUT2D eigenvalue weighted by atomic mass is 16.3. The maximum absolute atomic E-state index is 9.81. The third-order valence-corrected chi connectivity index (χ3v) is 2.60. The molecule has 0 saturated heterocycles. The van der Waals surface area contributed by atoms with Gasteiger partial charge >= 0.3 is 0 Å². The number of nitrogens with zero attached hydrogens (tertiary/aromatic N) is 1. The monoisotopic (exact) mass is 225 g/mol. The molecule has 1 N–H and O–H groups in total. The first kappa shape index (κ1) is 13.3. The van der Waals surface area contributed by atoms with Gasteiger partial charge in [-0.05, 0) is 40.3 Å². The van der Waals surface area contributed by atoms with Crippen molar-refractivity contribution in [1.82, 2.24) is 4.90 Å². The van der Waals surface area contributed by atoms with E-state index in [-0.39, 0.29) is 0 Å². The molecule has 0 aliphatic rings. The van der Waals surface area contributed by atoms with Crippen LogP contribution < -0.4 is 0 Å². The Kier molecular flexibility index (Phi) is 4.16. The molecule has 0 spiro atoms. The second-order valence-corrected chi connectivity index (χ2v) is 5.05. The largest absolute Gasteiger partial charge is 0.466 e. The SMILES string of the molecule is CCN(Cc1cc(C)oc1C)CC(C)(C)O. The fourth-order valence-corrected chi connectivity index (χ4v) is 1.91. The summed E-state index contributed by atoms with van der Waals surface area (Å²) in [5, 5.41) is 9.81. The summed E-state index contributed by atoms with van der Waals surface area (Å²) in [5.74, 6) is 1.93. The number of hydrogen-bond donors (Lipinski definition) is 1. The van der Waals surface area contributed by atoms with Crippen molar-refractivity contribution in [1.29, 1.82) is 0 Å². The van der Waals surface area contributed by atoms with E-state index in [0.717, 1.165) is 24.6 Å². The van der Waals surface area contributed by atoms with Gasteiger partial charge in [0.1, 0.15) is 11.5 Å². The summed E-state index contributed by atoms with van der Waals surface area (Å²) in [6.07, 6.45) is 0. The molecule has 1 aromatic heterocycles. The lowest BCUT2D eigenvalue weighted by Crippen LogP contribution is -2.38. The average molecular weight is 225 g/mol. The molecule has 1 aromatic rings. The predicted octanol–water partition coefficient (Wildman–Crippen LogP) is 2.49. The first-order valence-corrected chi connectivity index (χ1v) is 5.82. The van der Waals surface area contributed by atoms with Crippen molar-refractivity contribution in [2.45, 2.75) is 46.8 Å². The van der Waals surface area contributed by atoms with Crippen molar-refractivity contribution in [2.24, 2.45) is 0 Å². The summed E-state index contributed by atoms with van der Waals surface area (Å²) in [4.78, 5) is 2.22. The van der Waals surface area contributed by atoms with Gasteiger partial charge in [-0.15, -0.1) is 0 Å². The minimum absolute atomic E-state index is 0.650. The molecule has 0 bridgehead atoms. The van der Waals surface area contributed by atoms with E-state index in [0.29, 0.717) is 6.54 Å². The zero-order valence-corrected chi connectivity index (χ0v) is 11.0. The molecule has 0 aliphatic carbocycles. The third kappa shape index (κ3) is 3.99. The zero-order chi connectivity index (χ0) is 12.3. The van der Waals surface area contributed by atoms with Crippen LogP contribution in [0.1, 0.15) is 37.9 Å². The molecule has 0 saturated carbocycles. The molecule has 16 heavy (non-hydrogen) atoms. The van der Waals surface area contributed by atoms with Gasteiger partial charge in [-0.3, -0.25) is 4.90 Å². The molecule has 0 amide bonds. The first-order chi connectivity index (χ1) is 7.31. The van der Waals surface area contributed by atoms with Crippen molar-refractivity contribution in [2.75, 3.05) is 13.1 Å². The molecule has 1 rings (SSSR count). The van der Waals surface area contributed by atoms with Crippen LogP contribution in [-0.2, 0) is 6.54 Å². The van der Waals surface area contributed by atoms with E-state index in [2.05, 4.69) is 17.9 Å².